The Balaban J connectivity index is 1.70. The van der Waals surface area contributed by atoms with E-state index in [9.17, 15) is 9.59 Å². The van der Waals surface area contributed by atoms with Gasteiger partial charge in [-0.15, -0.1) is 0 Å². The minimum Gasteiger partial charge on any atom is -0.465 e. The van der Waals surface area contributed by atoms with Crippen LogP contribution in [0.15, 0.2) is 42.5 Å². The lowest BCUT2D eigenvalue weighted by Crippen LogP contribution is -2.39. The summed E-state index contributed by atoms with van der Waals surface area (Å²) in [6.07, 6.45) is 0.884. The molecular weight excluding hydrogens is 316 g/mol. The van der Waals surface area contributed by atoms with Crippen molar-refractivity contribution in [3.8, 4) is 0 Å². The molecule has 0 saturated carbocycles. The van der Waals surface area contributed by atoms with Crippen LogP contribution < -0.4 is 10.2 Å². The maximum Gasteiger partial charge on any atom is 0.337 e. The number of nitrogens with zero attached hydrogens (tertiary/aromatic N) is 1. The molecule has 2 aromatic rings. The smallest absolute Gasteiger partial charge is 0.337 e. The van der Waals surface area contributed by atoms with Crippen LogP contribution in [0.5, 0.6) is 0 Å². The molecule has 1 aliphatic rings. The van der Waals surface area contributed by atoms with Crippen molar-refractivity contribution in [1.29, 1.82) is 0 Å². The number of carbonyl (C=O) groups is 2. The molecule has 1 N–H and O–H groups in total. The average Bonchev–Trinajstić information content (AvgIpc) is 2.95. The van der Waals surface area contributed by atoms with Crippen LogP contribution in [0.3, 0.4) is 0 Å². The van der Waals surface area contributed by atoms with Crippen molar-refractivity contribution >= 4 is 23.3 Å². The number of hydrogen-bond acceptors (Lipinski definition) is 4. The number of carbonyl (C=O) groups excluding carboxylic acids is 2. The molecule has 0 aromatic heterocycles. The molecule has 1 aliphatic heterocycles. The van der Waals surface area contributed by atoms with E-state index in [1.807, 2.05) is 30.0 Å². The van der Waals surface area contributed by atoms with Crippen LogP contribution in [0, 0.1) is 6.92 Å². The van der Waals surface area contributed by atoms with Gasteiger partial charge >= 0.3 is 5.97 Å². The van der Waals surface area contributed by atoms with Gasteiger partial charge in [0.15, 0.2) is 0 Å². The van der Waals surface area contributed by atoms with Gasteiger partial charge in [-0.25, -0.2) is 4.79 Å². The van der Waals surface area contributed by atoms with E-state index in [2.05, 4.69) is 18.3 Å². The second-order valence-corrected chi connectivity index (χ2v) is 6.32. The predicted molar refractivity (Wildman–Crippen MR) is 98.1 cm³/mol. The molecule has 130 valence electrons. The maximum atomic E-state index is 12.7. The topological polar surface area (TPSA) is 58.6 Å². The van der Waals surface area contributed by atoms with Crippen LogP contribution in [0.25, 0.3) is 0 Å². The number of benzene rings is 2. The lowest BCUT2D eigenvalue weighted by atomic mass is 10.1. The van der Waals surface area contributed by atoms with Crippen molar-refractivity contribution in [3.05, 3.63) is 59.2 Å². The van der Waals surface area contributed by atoms with Crippen molar-refractivity contribution in [2.45, 2.75) is 26.3 Å². The molecule has 0 radical (unpaired) electrons. The Labute approximate surface area is 147 Å². The number of fused-ring (bicyclic) bond motifs is 1. The molecule has 0 spiro atoms. The molecular formula is C20H22N2O3. The van der Waals surface area contributed by atoms with E-state index in [0.29, 0.717) is 5.56 Å². The quantitative estimate of drug-likeness (QED) is 0.870. The lowest BCUT2D eigenvalue weighted by molar-refractivity contribution is -0.117. The van der Waals surface area contributed by atoms with E-state index in [-0.39, 0.29) is 24.5 Å². The summed E-state index contributed by atoms with van der Waals surface area (Å²) < 4.78 is 4.72. The summed E-state index contributed by atoms with van der Waals surface area (Å²) in [6.45, 7) is 4.17. The first-order valence-corrected chi connectivity index (χ1v) is 8.34. The zero-order valence-electron chi connectivity index (χ0n) is 14.7. The average molecular weight is 338 g/mol. The molecule has 2 aromatic carbocycles. The molecule has 3 rings (SSSR count). The Hall–Kier alpha value is -2.82. The third kappa shape index (κ3) is 3.36. The second kappa shape index (κ2) is 6.97. The van der Waals surface area contributed by atoms with E-state index < -0.39 is 0 Å². The van der Waals surface area contributed by atoms with E-state index in [1.165, 1.54) is 12.7 Å². The molecule has 0 bridgehead atoms. The van der Waals surface area contributed by atoms with Crippen LogP contribution in [0.4, 0.5) is 11.4 Å². The van der Waals surface area contributed by atoms with Crippen molar-refractivity contribution < 1.29 is 14.3 Å². The van der Waals surface area contributed by atoms with Crippen molar-refractivity contribution in [3.63, 3.8) is 0 Å². The summed E-state index contributed by atoms with van der Waals surface area (Å²) in [5.41, 5.74) is 4.44. The third-order valence-corrected chi connectivity index (χ3v) is 4.55. The van der Waals surface area contributed by atoms with Gasteiger partial charge in [0.2, 0.25) is 5.91 Å². The van der Waals surface area contributed by atoms with Gasteiger partial charge in [0.25, 0.3) is 0 Å². The highest BCUT2D eigenvalue weighted by atomic mass is 16.5. The van der Waals surface area contributed by atoms with Gasteiger partial charge in [0.05, 0.1) is 19.2 Å². The molecule has 5 heteroatoms. The molecule has 0 fully saturated rings. The number of nitrogens with one attached hydrogen (secondary N) is 1. The van der Waals surface area contributed by atoms with Gasteiger partial charge in [-0.2, -0.15) is 0 Å². The van der Waals surface area contributed by atoms with Gasteiger partial charge in [0.1, 0.15) is 0 Å². The second-order valence-electron chi connectivity index (χ2n) is 6.32. The normalized spacial score (nSPS) is 15.6. The zero-order valence-corrected chi connectivity index (χ0v) is 14.7. The number of amides is 1. The van der Waals surface area contributed by atoms with Crippen LogP contribution in [0.2, 0.25) is 0 Å². The molecule has 25 heavy (non-hydrogen) atoms. The fraction of sp³-hybridized carbons (Fsp3) is 0.300. The number of hydrogen-bond donors (Lipinski definition) is 1. The standard InChI is InChI=1S/C20H22N2O3/c1-13-10-16(20(24)25-3)8-9-17(13)21-12-19(23)22-14(2)11-15-6-4-5-7-18(15)22/h4-10,14,21H,11-12H2,1-3H3. The van der Waals surface area contributed by atoms with Crippen LogP contribution in [0.1, 0.15) is 28.4 Å². The largest absolute Gasteiger partial charge is 0.465 e. The number of methoxy groups -OCH3 is 1. The number of esters is 1. The molecule has 1 heterocycles. The fourth-order valence-corrected chi connectivity index (χ4v) is 3.31. The van der Waals surface area contributed by atoms with Crippen molar-refractivity contribution in [1.82, 2.24) is 0 Å². The molecule has 0 saturated heterocycles. The first-order chi connectivity index (χ1) is 12.0. The van der Waals surface area contributed by atoms with Gasteiger partial charge in [-0.1, -0.05) is 18.2 Å². The van der Waals surface area contributed by atoms with Crippen LogP contribution in [-0.4, -0.2) is 31.6 Å². The zero-order chi connectivity index (χ0) is 18.0. The summed E-state index contributed by atoms with van der Waals surface area (Å²) in [5, 5.41) is 3.18. The number of para-hydroxylation sites is 1. The Bertz CT molecular complexity index is 816. The monoisotopic (exact) mass is 338 g/mol. The SMILES string of the molecule is COC(=O)c1ccc(NCC(=O)N2c3ccccc3CC2C)c(C)c1. The molecule has 5 nitrogen and oxygen atoms in total. The summed E-state index contributed by atoms with van der Waals surface area (Å²) >= 11 is 0. The highest BCUT2D eigenvalue weighted by Gasteiger charge is 2.30. The van der Waals surface area contributed by atoms with Gasteiger partial charge in [0, 0.05) is 17.4 Å². The number of anilines is 2. The maximum absolute atomic E-state index is 12.7. The Morgan fingerprint density at radius 3 is 2.72 bits per heavy atom. The van der Waals surface area contributed by atoms with Gasteiger partial charge < -0.3 is 15.0 Å². The first kappa shape index (κ1) is 17.0. The Morgan fingerprint density at radius 1 is 1.24 bits per heavy atom. The van der Waals surface area contributed by atoms with Crippen LogP contribution >= 0.6 is 0 Å². The van der Waals surface area contributed by atoms with E-state index >= 15 is 0 Å². The van der Waals surface area contributed by atoms with Gasteiger partial charge in [-0.05, 0) is 55.7 Å². The summed E-state index contributed by atoms with van der Waals surface area (Å²) in [7, 11) is 1.36. The number of aryl methyl sites for hydroxylation is 1. The molecule has 0 aliphatic carbocycles. The number of ether oxygens (including phenoxy) is 1. The predicted octanol–water partition coefficient (Wildman–Crippen LogP) is 3.17. The van der Waals surface area contributed by atoms with Gasteiger partial charge in [-0.3, -0.25) is 4.79 Å². The molecule has 1 unspecified atom stereocenters. The third-order valence-electron chi connectivity index (χ3n) is 4.55. The van der Waals surface area contributed by atoms with Crippen molar-refractivity contribution in [2.75, 3.05) is 23.9 Å². The fourth-order valence-electron chi connectivity index (χ4n) is 3.31. The first-order valence-electron chi connectivity index (χ1n) is 8.34. The van der Waals surface area contributed by atoms with Crippen molar-refractivity contribution in [2.24, 2.45) is 0 Å². The lowest BCUT2D eigenvalue weighted by Gasteiger charge is -2.23. The molecule has 1 atom stereocenters. The summed E-state index contributed by atoms with van der Waals surface area (Å²) in [6, 6.07) is 13.4. The number of rotatable bonds is 4. The Kier molecular flexibility index (Phi) is 4.74. The Morgan fingerprint density at radius 2 is 2.00 bits per heavy atom. The van der Waals surface area contributed by atoms with Crippen LogP contribution in [-0.2, 0) is 16.0 Å². The summed E-state index contributed by atoms with van der Waals surface area (Å²) in [4.78, 5) is 26.1. The highest BCUT2D eigenvalue weighted by molar-refractivity contribution is 5.98. The van der Waals surface area contributed by atoms with E-state index in [1.54, 1.807) is 18.2 Å². The molecule has 1 amide bonds. The van der Waals surface area contributed by atoms with E-state index in [4.69, 9.17) is 4.74 Å². The minimum absolute atomic E-state index is 0.0360. The highest BCUT2D eigenvalue weighted by Crippen LogP contribution is 2.31. The minimum atomic E-state index is -0.367. The van der Waals surface area contributed by atoms with E-state index in [0.717, 1.165) is 23.4 Å². The summed E-state index contributed by atoms with van der Waals surface area (Å²) in [5.74, 6) is -0.331.